The molecular weight excluding hydrogens is 753 g/mol. The number of ether oxygens (including phenoxy) is 4. The molecule has 1 aliphatic heterocycles. The van der Waals surface area contributed by atoms with Crippen molar-refractivity contribution >= 4 is 22.1 Å². The molecule has 0 aromatic heterocycles. The van der Waals surface area contributed by atoms with E-state index in [2.05, 4.69) is 43.9 Å². The summed E-state index contributed by atoms with van der Waals surface area (Å²) in [5, 5.41) is 30.8. The van der Waals surface area contributed by atoms with Crippen molar-refractivity contribution in [2.75, 3.05) is 19.0 Å². The van der Waals surface area contributed by atoms with Gasteiger partial charge in [0, 0.05) is 12.8 Å². The van der Waals surface area contributed by atoms with Crippen molar-refractivity contribution < 1.29 is 56.8 Å². The van der Waals surface area contributed by atoms with Gasteiger partial charge in [-0.15, -0.1) is 5.73 Å². The molecule has 332 valence electrons. The molecule has 1 rings (SSSR count). The molecule has 0 aliphatic carbocycles. The summed E-state index contributed by atoms with van der Waals surface area (Å²) < 4.78 is 54.0. The number of hydrogen-bond donors (Lipinski definition) is 4. The second-order valence-electron chi connectivity index (χ2n) is 15.5. The molecular formula is C44H78O12S. The first-order chi connectivity index (χ1) is 27.5. The number of aliphatic hydroxyl groups excluding tert-OH is 3. The molecule has 0 saturated carbocycles. The summed E-state index contributed by atoms with van der Waals surface area (Å²) >= 11 is 0. The third-order valence-electron chi connectivity index (χ3n) is 10.0. The van der Waals surface area contributed by atoms with E-state index in [1.807, 2.05) is 0 Å². The highest BCUT2D eigenvalue weighted by Gasteiger charge is 2.46. The molecule has 4 N–H and O–H groups in total. The van der Waals surface area contributed by atoms with Crippen LogP contribution in [-0.2, 0) is 38.7 Å². The smallest absolute Gasteiger partial charge is 0.306 e. The van der Waals surface area contributed by atoms with Crippen LogP contribution in [0.5, 0.6) is 0 Å². The van der Waals surface area contributed by atoms with Crippen LogP contribution in [0.3, 0.4) is 0 Å². The first-order valence-electron chi connectivity index (χ1n) is 22.1. The van der Waals surface area contributed by atoms with Crippen LogP contribution >= 0.6 is 0 Å². The number of carbonyl (C=O) groups is 2. The Balaban J connectivity index is 2.49. The van der Waals surface area contributed by atoms with Crippen molar-refractivity contribution in [2.24, 2.45) is 0 Å². The van der Waals surface area contributed by atoms with Crippen LogP contribution in [0.25, 0.3) is 0 Å². The van der Waals surface area contributed by atoms with E-state index in [1.54, 1.807) is 0 Å². The van der Waals surface area contributed by atoms with E-state index in [-0.39, 0.29) is 19.4 Å². The predicted octanol–water partition coefficient (Wildman–Crippen LogP) is 8.60. The zero-order valence-corrected chi connectivity index (χ0v) is 36.1. The maximum absolute atomic E-state index is 12.8. The van der Waals surface area contributed by atoms with Gasteiger partial charge in [-0.3, -0.25) is 14.1 Å². The molecule has 12 nitrogen and oxygen atoms in total. The van der Waals surface area contributed by atoms with Gasteiger partial charge in [0.05, 0.1) is 6.61 Å². The maximum Gasteiger partial charge on any atom is 0.306 e. The van der Waals surface area contributed by atoms with Crippen molar-refractivity contribution in [3.8, 4) is 0 Å². The molecule has 0 bridgehead atoms. The predicted molar refractivity (Wildman–Crippen MR) is 223 cm³/mol. The SMILES string of the molecule is CCCCCCCC=C=CCCCCCCCC(=O)OC[C@H](CO[C@H]1O[C@H](CS(=O)(=O)O)[C@@H](O)C(O)C1O)OC(=O)CCCCCCC/C=C/CCCCCCC. The summed E-state index contributed by atoms with van der Waals surface area (Å²) in [5.41, 5.74) is 3.28. The van der Waals surface area contributed by atoms with E-state index in [9.17, 15) is 37.9 Å². The highest BCUT2D eigenvalue weighted by atomic mass is 32.2. The Hall–Kier alpha value is -2.09. The van der Waals surface area contributed by atoms with E-state index in [0.29, 0.717) is 12.8 Å². The van der Waals surface area contributed by atoms with Gasteiger partial charge >= 0.3 is 11.9 Å². The van der Waals surface area contributed by atoms with Crippen molar-refractivity contribution in [2.45, 2.75) is 218 Å². The Bertz CT molecular complexity index is 1220. The molecule has 0 aromatic carbocycles. The van der Waals surface area contributed by atoms with Gasteiger partial charge in [0.1, 0.15) is 36.8 Å². The van der Waals surface area contributed by atoms with Gasteiger partial charge in [-0.1, -0.05) is 116 Å². The third kappa shape index (κ3) is 29.7. The Morgan fingerprint density at radius 1 is 0.632 bits per heavy atom. The normalized spacial score (nSPS) is 20.3. The summed E-state index contributed by atoms with van der Waals surface area (Å²) in [6.07, 6.45) is 25.7. The number of unbranched alkanes of at least 4 members (excludes halogenated alkanes) is 20. The maximum atomic E-state index is 12.8. The molecule has 2 unspecified atom stereocenters. The average Bonchev–Trinajstić information content (AvgIpc) is 3.17. The molecule has 57 heavy (non-hydrogen) atoms. The minimum Gasteiger partial charge on any atom is -0.462 e. The van der Waals surface area contributed by atoms with Crippen LogP contribution in [-0.4, -0.2) is 96.0 Å². The first-order valence-corrected chi connectivity index (χ1v) is 23.7. The van der Waals surface area contributed by atoms with E-state index < -0.39 is 71.2 Å². The van der Waals surface area contributed by atoms with Gasteiger partial charge in [0.25, 0.3) is 10.1 Å². The number of aliphatic hydroxyl groups is 3. The van der Waals surface area contributed by atoms with Crippen LogP contribution in [0.15, 0.2) is 30.0 Å². The highest BCUT2D eigenvalue weighted by molar-refractivity contribution is 7.85. The van der Waals surface area contributed by atoms with Gasteiger partial charge < -0.3 is 34.3 Å². The Morgan fingerprint density at radius 3 is 1.63 bits per heavy atom. The van der Waals surface area contributed by atoms with Crippen molar-refractivity contribution in [1.29, 1.82) is 0 Å². The lowest BCUT2D eigenvalue weighted by Crippen LogP contribution is -2.60. The second-order valence-corrected chi connectivity index (χ2v) is 17.0. The zero-order valence-electron chi connectivity index (χ0n) is 35.2. The Morgan fingerprint density at radius 2 is 1.11 bits per heavy atom. The van der Waals surface area contributed by atoms with Crippen molar-refractivity contribution in [3.05, 3.63) is 30.0 Å². The molecule has 13 heteroatoms. The van der Waals surface area contributed by atoms with Gasteiger partial charge in [-0.25, -0.2) is 0 Å². The summed E-state index contributed by atoms with van der Waals surface area (Å²) in [6, 6.07) is 0. The van der Waals surface area contributed by atoms with Crippen molar-refractivity contribution in [1.82, 2.24) is 0 Å². The van der Waals surface area contributed by atoms with Crippen LogP contribution in [0.1, 0.15) is 181 Å². The Kier molecular flexibility index (Phi) is 32.3. The van der Waals surface area contributed by atoms with Gasteiger partial charge in [-0.05, 0) is 76.4 Å². The van der Waals surface area contributed by atoms with Gasteiger partial charge in [-0.2, -0.15) is 8.42 Å². The van der Waals surface area contributed by atoms with Gasteiger partial charge in [0.2, 0.25) is 0 Å². The monoisotopic (exact) mass is 831 g/mol. The Labute approximate surface area is 344 Å². The number of rotatable bonds is 36. The lowest BCUT2D eigenvalue weighted by atomic mass is 10.00. The first kappa shape index (κ1) is 52.9. The van der Waals surface area contributed by atoms with E-state index >= 15 is 0 Å². The largest absolute Gasteiger partial charge is 0.462 e. The van der Waals surface area contributed by atoms with Crippen LogP contribution in [0, 0.1) is 0 Å². The van der Waals surface area contributed by atoms with E-state index in [0.717, 1.165) is 77.0 Å². The van der Waals surface area contributed by atoms with Gasteiger partial charge in [0.15, 0.2) is 12.4 Å². The lowest BCUT2D eigenvalue weighted by Gasteiger charge is -2.40. The minimum absolute atomic E-state index is 0.150. The quantitative estimate of drug-likeness (QED) is 0.0155. The van der Waals surface area contributed by atoms with E-state index in [1.165, 1.54) is 64.2 Å². The summed E-state index contributed by atoms with van der Waals surface area (Å²) in [4.78, 5) is 25.4. The standard InChI is InChI=1S/C44H78O12S/c1-3-5-7-9-11-13-15-17-19-21-22-24-26-28-30-32-39(45)53-34-37(35-54-44-43(49)42(48)41(47)38(56-44)36-57(50,51)52)55-40(46)33-31-29-27-25-23-20-18-16-14-12-10-8-6-4-2/h15-16,18-19,37-38,41-44,47-49H,3-14,20-36H2,1-2H3,(H,50,51,52)/b18-16+/t17?,37-,38-,41-,42?,43?,44+/m1/s1. The molecule has 6 atom stereocenters. The topological polar surface area (TPSA) is 186 Å². The molecule has 0 amide bonds. The fourth-order valence-electron chi connectivity index (χ4n) is 6.53. The number of carbonyl (C=O) groups excluding carboxylic acids is 2. The molecule has 1 saturated heterocycles. The average molecular weight is 831 g/mol. The zero-order chi connectivity index (χ0) is 42.0. The van der Waals surface area contributed by atoms with Crippen LogP contribution in [0.2, 0.25) is 0 Å². The number of hydrogen-bond acceptors (Lipinski definition) is 11. The van der Waals surface area contributed by atoms with Crippen LogP contribution < -0.4 is 0 Å². The molecule has 0 aromatic rings. The highest BCUT2D eigenvalue weighted by Crippen LogP contribution is 2.24. The lowest BCUT2D eigenvalue weighted by molar-refractivity contribution is -0.297. The summed E-state index contributed by atoms with van der Waals surface area (Å²) in [6.45, 7) is 3.70. The van der Waals surface area contributed by atoms with E-state index in [4.69, 9.17) is 18.9 Å². The minimum atomic E-state index is -4.60. The molecule has 0 spiro atoms. The van der Waals surface area contributed by atoms with Crippen molar-refractivity contribution in [3.63, 3.8) is 0 Å². The molecule has 1 heterocycles. The summed E-state index contributed by atoms with van der Waals surface area (Å²) in [5.74, 6) is -2.02. The molecule has 0 radical (unpaired) electrons. The fourth-order valence-corrected chi connectivity index (χ4v) is 7.22. The number of esters is 2. The molecule has 1 fully saturated rings. The molecule has 1 aliphatic rings. The fraction of sp³-hybridized carbons (Fsp3) is 0.841. The summed E-state index contributed by atoms with van der Waals surface area (Å²) in [7, 11) is -4.60. The second kappa shape index (κ2) is 34.7. The van der Waals surface area contributed by atoms with Crippen LogP contribution in [0.4, 0.5) is 0 Å². The number of allylic oxidation sites excluding steroid dienone is 3. The third-order valence-corrected chi connectivity index (χ3v) is 10.8.